The van der Waals surface area contributed by atoms with Crippen LogP contribution in [0.4, 0.5) is 0 Å². The maximum atomic E-state index is 4.04. The van der Waals surface area contributed by atoms with Crippen LogP contribution in [0, 0.1) is 5.92 Å². The molecule has 0 fully saturated rings. The molecule has 0 N–H and O–H groups in total. The van der Waals surface area contributed by atoms with Crippen LogP contribution in [0.15, 0.2) is 36.7 Å². The highest BCUT2D eigenvalue weighted by atomic mass is 15.1. The molecule has 0 aromatic carbocycles. The summed E-state index contributed by atoms with van der Waals surface area (Å²) in [7, 11) is 2.21. The van der Waals surface area contributed by atoms with Gasteiger partial charge in [-0.25, -0.2) is 0 Å². The molecule has 2 rings (SSSR count). The van der Waals surface area contributed by atoms with Crippen LogP contribution in [0.1, 0.15) is 24.8 Å². The van der Waals surface area contributed by atoms with Gasteiger partial charge in [0.25, 0.3) is 0 Å². The minimum atomic E-state index is 0.844. The van der Waals surface area contributed by atoms with E-state index in [4.69, 9.17) is 0 Å². The number of allylic oxidation sites excluding steroid dienone is 2. The molecule has 0 saturated carbocycles. The molecule has 2 nitrogen and oxygen atoms in total. The van der Waals surface area contributed by atoms with Gasteiger partial charge >= 0.3 is 0 Å². The molecule has 0 radical (unpaired) electrons. The van der Waals surface area contributed by atoms with E-state index in [2.05, 4.69) is 41.2 Å². The quantitative estimate of drug-likeness (QED) is 0.719. The number of rotatable bonds is 4. The van der Waals surface area contributed by atoms with E-state index < -0.39 is 0 Å². The molecule has 1 atom stereocenters. The molecule has 16 heavy (non-hydrogen) atoms. The number of pyridine rings is 1. The van der Waals surface area contributed by atoms with Gasteiger partial charge in [-0.15, -0.1) is 0 Å². The standard InChI is InChI=1S/C14H20N2/c1-16(11-13-5-3-2-4-6-13)12-14-7-9-15-10-8-14/h2-3,7-10,13H,4-6,11-12H2,1H3. The van der Waals surface area contributed by atoms with Crippen LogP contribution in [0.5, 0.6) is 0 Å². The lowest BCUT2D eigenvalue weighted by molar-refractivity contribution is 0.258. The highest BCUT2D eigenvalue weighted by Gasteiger charge is 2.12. The first-order chi connectivity index (χ1) is 7.84. The van der Waals surface area contributed by atoms with E-state index >= 15 is 0 Å². The number of hydrogen-bond acceptors (Lipinski definition) is 2. The Balaban J connectivity index is 1.80. The van der Waals surface area contributed by atoms with Gasteiger partial charge in [0.2, 0.25) is 0 Å². The summed E-state index contributed by atoms with van der Waals surface area (Å²) in [5.41, 5.74) is 1.35. The summed E-state index contributed by atoms with van der Waals surface area (Å²) in [5.74, 6) is 0.844. The van der Waals surface area contributed by atoms with Crippen LogP contribution in [0.3, 0.4) is 0 Å². The van der Waals surface area contributed by atoms with E-state index in [1.54, 1.807) is 0 Å². The predicted molar refractivity (Wildman–Crippen MR) is 67.1 cm³/mol. The maximum absolute atomic E-state index is 4.04. The number of aromatic nitrogens is 1. The van der Waals surface area contributed by atoms with Gasteiger partial charge in [-0.1, -0.05) is 12.2 Å². The third-order valence-electron chi connectivity index (χ3n) is 3.15. The van der Waals surface area contributed by atoms with E-state index in [9.17, 15) is 0 Å². The normalized spacial score (nSPS) is 20.2. The van der Waals surface area contributed by atoms with E-state index in [-0.39, 0.29) is 0 Å². The topological polar surface area (TPSA) is 16.1 Å². The summed E-state index contributed by atoms with van der Waals surface area (Å²) in [5, 5.41) is 0. The zero-order chi connectivity index (χ0) is 11.2. The lowest BCUT2D eigenvalue weighted by Gasteiger charge is -2.24. The third-order valence-corrected chi connectivity index (χ3v) is 3.15. The Bertz CT molecular complexity index is 332. The highest BCUT2D eigenvalue weighted by Crippen LogP contribution is 2.19. The molecule has 0 spiro atoms. The second kappa shape index (κ2) is 5.80. The van der Waals surface area contributed by atoms with E-state index in [0.717, 1.165) is 12.5 Å². The van der Waals surface area contributed by atoms with Gasteiger partial charge in [-0.2, -0.15) is 0 Å². The van der Waals surface area contributed by atoms with Crippen LogP contribution in [0.25, 0.3) is 0 Å². The summed E-state index contributed by atoms with van der Waals surface area (Å²) in [4.78, 5) is 6.46. The summed E-state index contributed by atoms with van der Waals surface area (Å²) in [6.07, 6.45) is 12.2. The van der Waals surface area contributed by atoms with Crippen LogP contribution in [-0.4, -0.2) is 23.5 Å². The summed E-state index contributed by atoms with van der Waals surface area (Å²) < 4.78 is 0. The second-order valence-corrected chi connectivity index (χ2v) is 4.70. The molecule has 2 heteroatoms. The molecule has 1 aromatic rings. The van der Waals surface area contributed by atoms with Crippen LogP contribution >= 0.6 is 0 Å². The summed E-state index contributed by atoms with van der Waals surface area (Å²) in [6, 6.07) is 4.19. The minimum absolute atomic E-state index is 0.844. The van der Waals surface area contributed by atoms with Crippen molar-refractivity contribution in [2.75, 3.05) is 13.6 Å². The van der Waals surface area contributed by atoms with Gasteiger partial charge in [0.1, 0.15) is 0 Å². The van der Waals surface area contributed by atoms with Gasteiger partial charge in [0.15, 0.2) is 0 Å². The average Bonchev–Trinajstić information content (AvgIpc) is 2.31. The highest BCUT2D eigenvalue weighted by molar-refractivity contribution is 5.09. The Kier molecular flexibility index (Phi) is 4.11. The molecular formula is C14H20N2. The largest absolute Gasteiger partial charge is 0.302 e. The van der Waals surface area contributed by atoms with Gasteiger partial charge in [0, 0.05) is 25.5 Å². The summed E-state index contributed by atoms with van der Waals surface area (Å²) >= 11 is 0. The minimum Gasteiger partial charge on any atom is -0.302 e. The second-order valence-electron chi connectivity index (χ2n) is 4.70. The Morgan fingerprint density at radius 3 is 2.81 bits per heavy atom. The molecule has 0 saturated heterocycles. The monoisotopic (exact) mass is 216 g/mol. The van der Waals surface area contributed by atoms with Crippen molar-refractivity contribution in [3.8, 4) is 0 Å². The van der Waals surface area contributed by atoms with Gasteiger partial charge in [-0.3, -0.25) is 4.98 Å². The first kappa shape index (κ1) is 11.3. The zero-order valence-electron chi connectivity index (χ0n) is 9.97. The Morgan fingerprint density at radius 2 is 2.12 bits per heavy atom. The molecule has 1 aliphatic rings. The molecule has 0 bridgehead atoms. The first-order valence-electron chi connectivity index (χ1n) is 6.07. The Labute approximate surface area is 98.0 Å². The fourth-order valence-corrected chi connectivity index (χ4v) is 2.33. The van der Waals surface area contributed by atoms with Crippen molar-refractivity contribution in [1.29, 1.82) is 0 Å². The van der Waals surface area contributed by atoms with Gasteiger partial charge in [0.05, 0.1) is 0 Å². The van der Waals surface area contributed by atoms with Crippen LogP contribution in [0.2, 0.25) is 0 Å². The summed E-state index contributed by atoms with van der Waals surface area (Å²) in [6.45, 7) is 2.23. The molecule has 1 unspecified atom stereocenters. The molecule has 86 valence electrons. The molecule has 1 aliphatic carbocycles. The van der Waals surface area contributed by atoms with Crippen molar-refractivity contribution in [2.45, 2.75) is 25.8 Å². The molecule has 1 aromatic heterocycles. The lowest BCUT2D eigenvalue weighted by atomic mass is 9.94. The molecule has 0 amide bonds. The van der Waals surface area contributed by atoms with Crippen molar-refractivity contribution in [1.82, 2.24) is 9.88 Å². The Hall–Kier alpha value is -1.15. The van der Waals surface area contributed by atoms with E-state index in [1.807, 2.05) is 12.4 Å². The maximum Gasteiger partial charge on any atom is 0.0271 e. The Morgan fingerprint density at radius 1 is 1.31 bits per heavy atom. The van der Waals surface area contributed by atoms with Crippen LogP contribution < -0.4 is 0 Å². The predicted octanol–water partition coefficient (Wildman–Crippen LogP) is 2.87. The molecule has 0 aliphatic heterocycles. The fourth-order valence-electron chi connectivity index (χ4n) is 2.33. The third kappa shape index (κ3) is 3.46. The number of nitrogens with zero attached hydrogens (tertiary/aromatic N) is 2. The van der Waals surface area contributed by atoms with Crippen molar-refractivity contribution in [3.05, 3.63) is 42.2 Å². The molecular weight excluding hydrogens is 196 g/mol. The van der Waals surface area contributed by atoms with E-state index in [0.29, 0.717) is 0 Å². The van der Waals surface area contributed by atoms with Crippen molar-refractivity contribution >= 4 is 0 Å². The van der Waals surface area contributed by atoms with Crippen molar-refractivity contribution in [2.24, 2.45) is 5.92 Å². The van der Waals surface area contributed by atoms with Crippen LogP contribution in [-0.2, 0) is 6.54 Å². The first-order valence-corrected chi connectivity index (χ1v) is 6.07. The van der Waals surface area contributed by atoms with Gasteiger partial charge in [-0.05, 0) is 49.9 Å². The SMILES string of the molecule is CN(Cc1ccncc1)CC1CC=CCC1. The lowest BCUT2D eigenvalue weighted by Crippen LogP contribution is -2.25. The average molecular weight is 216 g/mol. The van der Waals surface area contributed by atoms with Crippen molar-refractivity contribution < 1.29 is 0 Å². The van der Waals surface area contributed by atoms with E-state index in [1.165, 1.54) is 31.4 Å². The smallest absolute Gasteiger partial charge is 0.0271 e. The van der Waals surface area contributed by atoms with Crippen molar-refractivity contribution in [3.63, 3.8) is 0 Å². The zero-order valence-corrected chi connectivity index (χ0v) is 9.97. The fraction of sp³-hybridized carbons (Fsp3) is 0.500. The number of hydrogen-bond donors (Lipinski definition) is 0. The molecule has 1 heterocycles. The van der Waals surface area contributed by atoms with Gasteiger partial charge < -0.3 is 4.90 Å².